The highest BCUT2D eigenvalue weighted by Crippen LogP contribution is 2.31. The molecule has 22 heavy (non-hydrogen) atoms. The van der Waals surface area contributed by atoms with Crippen LogP contribution in [0.5, 0.6) is 0 Å². The van der Waals surface area contributed by atoms with Crippen LogP contribution >= 0.6 is 23.2 Å². The Kier molecular flexibility index (Phi) is 4.59. The summed E-state index contributed by atoms with van der Waals surface area (Å²) >= 11 is 12.1. The molecule has 1 aromatic heterocycles. The van der Waals surface area contributed by atoms with Gasteiger partial charge in [0.05, 0.1) is 21.1 Å². The number of nitrogens with zero attached hydrogens (tertiary/aromatic N) is 2. The molecule has 3 rings (SSSR count). The summed E-state index contributed by atoms with van der Waals surface area (Å²) in [5.74, 6) is 1.59. The molecule has 1 fully saturated rings. The van der Waals surface area contributed by atoms with Crippen LogP contribution in [0.4, 0.5) is 0 Å². The molecule has 0 spiro atoms. The lowest BCUT2D eigenvalue weighted by Crippen LogP contribution is -2.37. The normalized spacial score (nSPS) is 16.4. The van der Waals surface area contributed by atoms with Gasteiger partial charge in [-0.1, -0.05) is 30.1 Å². The number of imidazole rings is 1. The number of nitrogens with one attached hydrogen (secondary N) is 1. The first-order chi connectivity index (χ1) is 10.6. The monoisotopic (exact) mass is 339 g/mol. The minimum atomic E-state index is 0.268. The molecular weight excluding hydrogens is 321 g/mol. The Hall–Kier alpha value is -1.26. The number of benzene rings is 1. The lowest BCUT2D eigenvalue weighted by molar-refractivity contribution is -0.132. The molecule has 118 valence electrons. The Morgan fingerprint density at radius 2 is 2.00 bits per heavy atom. The zero-order chi connectivity index (χ0) is 15.7. The average molecular weight is 340 g/mol. The van der Waals surface area contributed by atoms with Gasteiger partial charge in [0.2, 0.25) is 5.91 Å². The van der Waals surface area contributed by atoms with Gasteiger partial charge >= 0.3 is 0 Å². The average Bonchev–Trinajstić information content (AvgIpc) is 2.91. The van der Waals surface area contributed by atoms with E-state index < -0.39 is 0 Å². The maximum absolute atomic E-state index is 11.9. The van der Waals surface area contributed by atoms with Crippen LogP contribution in [0, 0.1) is 0 Å². The minimum Gasteiger partial charge on any atom is -0.343 e. The number of likely N-dealkylation sites (tertiary alicyclic amines) is 1. The number of hydrogen-bond donors (Lipinski definition) is 1. The van der Waals surface area contributed by atoms with Crippen LogP contribution in [0.2, 0.25) is 10.0 Å². The van der Waals surface area contributed by atoms with E-state index in [-0.39, 0.29) is 5.91 Å². The van der Waals surface area contributed by atoms with Gasteiger partial charge in [-0.15, -0.1) is 0 Å². The Morgan fingerprint density at radius 1 is 1.32 bits per heavy atom. The number of hydrogen-bond acceptors (Lipinski definition) is 2. The number of rotatable bonds is 3. The Bertz CT molecular complexity index is 651. The van der Waals surface area contributed by atoms with Crippen LogP contribution < -0.4 is 0 Å². The van der Waals surface area contributed by atoms with Gasteiger partial charge in [0.25, 0.3) is 0 Å². The highest BCUT2D eigenvalue weighted by atomic mass is 35.5. The molecular formula is C16H19Cl2N3O. The molecule has 0 aliphatic carbocycles. The summed E-state index contributed by atoms with van der Waals surface area (Å²) in [6, 6.07) is 3.61. The van der Waals surface area contributed by atoms with E-state index in [1.807, 2.05) is 17.9 Å². The van der Waals surface area contributed by atoms with Crippen molar-refractivity contribution in [3.05, 3.63) is 28.0 Å². The third-order valence-corrected chi connectivity index (χ3v) is 4.96. The molecule has 2 aromatic rings. The van der Waals surface area contributed by atoms with E-state index in [2.05, 4.69) is 9.97 Å². The number of H-pyrrole nitrogens is 1. The summed E-state index contributed by atoms with van der Waals surface area (Å²) < 4.78 is 0. The minimum absolute atomic E-state index is 0.268. The van der Waals surface area contributed by atoms with Crippen molar-refractivity contribution in [2.24, 2.45) is 0 Å². The number of carbonyl (C=O) groups is 1. The Balaban J connectivity index is 1.72. The maximum Gasteiger partial charge on any atom is 0.222 e. The van der Waals surface area contributed by atoms with Crippen LogP contribution in [0.15, 0.2) is 12.1 Å². The summed E-state index contributed by atoms with van der Waals surface area (Å²) in [6.45, 7) is 3.65. The number of amides is 1. The topological polar surface area (TPSA) is 49.0 Å². The van der Waals surface area contributed by atoms with E-state index in [1.54, 1.807) is 6.07 Å². The zero-order valence-electron chi connectivity index (χ0n) is 12.5. The SMILES string of the molecule is CCCC(=O)N1CCC(c2nc3cc(Cl)c(Cl)cc3[nH]2)CC1. The highest BCUT2D eigenvalue weighted by molar-refractivity contribution is 6.42. The van der Waals surface area contributed by atoms with Gasteiger partial charge in [-0.2, -0.15) is 0 Å². The second kappa shape index (κ2) is 6.47. The van der Waals surface area contributed by atoms with Crippen LogP contribution in [0.1, 0.15) is 44.3 Å². The zero-order valence-corrected chi connectivity index (χ0v) is 14.0. The summed E-state index contributed by atoms with van der Waals surface area (Å²) in [7, 11) is 0. The van der Waals surface area contributed by atoms with Crippen molar-refractivity contribution >= 4 is 40.1 Å². The smallest absolute Gasteiger partial charge is 0.222 e. The predicted molar refractivity (Wildman–Crippen MR) is 89.6 cm³/mol. The Labute approximate surface area is 139 Å². The molecule has 1 aliphatic heterocycles. The lowest BCUT2D eigenvalue weighted by Gasteiger charge is -2.31. The van der Waals surface area contributed by atoms with Gasteiger partial charge in [-0.05, 0) is 31.4 Å². The molecule has 0 saturated carbocycles. The number of aromatic amines is 1. The molecule has 1 amide bonds. The van der Waals surface area contributed by atoms with Crippen molar-refractivity contribution in [3.8, 4) is 0 Å². The molecule has 0 unspecified atom stereocenters. The fraction of sp³-hybridized carbons (Fsp3) is 0.500. The second-order valence-electron chi connectivity index (χ2n) is 5.81. The lowest BCUT2D eigenvalue weighted by atomic mass is 9.96. The van der Waals surface area contributed by atoms with Crippen LogP contribution in [0.25, 0.3) is 11.0 Å². The molecule has 1 N–H and O–H groups in total. The first-order valence-electron chi connectivity index (χ1n) is 7.71. The molecule has 1 aliphatic rings. The standard InChI is InChI=1S/C16H19Cl2N3O/c1-2-3-15(22)21-6-4-10(5-7-21)16-19-13-8-11(17)12(18)9-14(13)20-16/h8-10H,2-7H2,1H3,(H,19,20). The number of aromatic nitrogens is 2. The molecule has 0 bridgehead atoms. The van der Waals surface area contributed by atoms with Crippen molar-refractivity contribution < 1.29 is 4.79 Å². The third-order valence-electron chi connectivity index (χ3n) is 4.24. The molecule has 2 heterocycles. The molecule has 6 heteroatoms. The first-order valence-corrected chi connectivity index (χ1v) is 8.46. The van der Waals surface area contributed by atoms with Gasteiger partial charge in [0.15, 0.2) is 0 Å². The Morgan fingerprint density at radius 3 is 2.68 bits per heavy atom. The van der Waals surface area contributed by atoms with Gasteiger partial charge in [0.1, 0.15) is 5.82 Å². The van der Waals surface area contributed by atoms with Crippen LogP contribution in [-0.2, 0) is 4.79 Å². The van der Waals surface area contributed by atoms with Crippen molar-refractivity contribution in [1.82, 2.24) is 14.9 Å². The largest absolute Gasteiger partial charge is 0.343 e. The number of halogens is 2. The number of fused-ring (bicyclic) bond motifs is 1. The van der Waals surface area contributed by atoms with Crippen LogP contribution in [-0.4, -0.2) is 33.9 Å². The molecule has 1 aromatic carbocycles. The summed E-state index contributed by atoms with van der Waals surface area (Å²) in [5.41, 5.74) is 1.75. The molecule has 0 radical (unpaired) electrons. The quantitative estimate of drug-likeness (QED) is 0.902. The van der Waals surface area contributed by atoms with Gasteiger partial charge in [-0.25, -0.2) is 4.98 Å². The van der Waals surface area contributed by atoms with Gasteiger partial charge in [0, 0.05) is 25.4 Å². The fourth-order valence-corrected chi connectivity index (χ4v) is 3.31. The summed E-state index contributed by atoms with van der Waals surface area (Å²) in [4.78, 5) is 21.9. The molecule has 0 atom stereocenters. The van der Waals surface area contributed by atoms with E-state index in [0.717, 1.165) is 49.2 Å². The van der Waals surface area contributed by atoms with Crippen LogP contribution in [0.3, 0.4) is 0 Å². The van der Waals surface area contributed by atoms with Gasteiger partial charge < -0.3 is 9.88 Å². The van der Waals surface area contributed by atoms with E-state index in [0.29, 0.717) is 22.4 Å². The first kappa shape index (κ1) is 15.6. The van der Waals surface area contributed by atoms with Crippen molar-refractivity contribution in [2.45, 2.75) is 38.5 Å². The van der Waals surface area contributed by atoms with Crippen molar-refractivity contribution in [2.75, 3.05) is 13.1 Å². The number of piperidine rings is 1. The summed E-state index contributed by atoms with van der Waals surface area (Å²) in [5, 5.41) is 1.05. The third kappa shape index (κ3) is 3.08. The second-order valence-corrected chi connectivity index (χ2v) is 6.62. The van der Waals surface area contributed by atoms with E-state index in [9.17, 15) is 4.79 Å². The highest BCUT2D eigenvalue weighted by Gasteiger charge is 2.25. The van der Waals surface area contributed by atoms with E-state index in [4.69, 9.17) is 23.2 Å². The van der Waals surface area contributed by atoms with Gasteiger partial charge in [-0.3, -0.25) is 4.79 Å². The molecule has 4 nitrogen and oxygen atoms in total. The van der Waals surface area contributed by atoms with E-state index in [1.165, 1.54) is 0 Å². The fourth-order valence-electron chi connectivity index (χ4n) is 2.99. The van der Waals surface area contributed by atoms with Crippen molar-refractivity contribution in [1.29, 1.82) is 0 Å². The molecule has 1 saturated heterocycles. The predicted octanol–water partition coefficient (Wildman–Crippen LogP) is 4.38. The van der Waals surface area contributed by atoms with E-state index >= 15 is 0 Å². The van der Waals surface area contributed by atoms with Crippen molar-refractivity contribution in [3.63, 3.8) is 0 Å². The maximum atomic E-state index is 11.9. The number of carbonyl (C=O) groups excluding carboxylic acids is 1. The summed E-state index contributed by atoms with van der Waals surface area (Å²) in [6.07, 6.45) is 3.43.